The standard InChI is InChI=1S/C14H13ClN6O2/c15-8-4-18-21(5-8)9-1-2-20(6-9)13-10-3-11(14(22)23)19-12(10)16-7-17-13/h3-5,7,9H,1-2,6H2,(H,22,23)(H,16,17,19). The van der Waals surface area contributed by atoms with E-state index >= 15 is 0 Å². The van der Waals surface area contributed by atoms with Crippen LogP contribution in [0.5, 0.6) is 0 Å². The summed E-state index contributed by atoms with van der Waals surface area (Å²) in [6, 6.07) is 1.79. The number of aromatic carboxylic acids is 1. The highest BCUT2D eigenvalue weighted by Crippen LogP contribution is 2.30. The molecule has 1 saturated heterocycles. The summed E-state index contributed by atoms with van der Waals surface area (Å²) in [4.78, 5) is 24.5. The molecular formula is C14H13ClN6O2. The Morgan fingerprint density at radius 1 is 1.43 bits per heavy atom. The van der Waals surface area contributed by atoms with Gasteiger partial charge in [-0.1, -0.05) is 11.6 Å². The number of hydrogen-bond acceptors (Lipinski definition) is 5. The molecule has 118 valence electrons. The summed E-state index contributed by atoms with van der Waals surface area (Å²) in [5.41, 5.74) is 0.634. The number of nitrogens with one attached hydrogen (secondary N) is 1. The maximum Gasteiger partial charge on any atom is 0.352 e. The molecule has 1 atom stereocenters. The lowest BCUT2D eigenvalue weighted by molar-refractivity contribution is 0.0691. The quantitative estimate of drug-likeness (QED) is 0.760. The van der Waals surface area contributed by atoms with Gasteiger partial charge in [-0.25, -0.2) is 14.8 Å². The normalized spacial score (nSPS) is 18.0. The van der Waals surface area contributed by atoms with Gasteiger partial charge in [-0.05, 0) is 12.5 Å². The van der Waals surface area contributed by atoms with Crippen molar-refractivity contribution in [3.05, 3.63) is 35.5 Å². The Bertz CT molecular complexity index is 888. The van der Waals surface area contributed by atoms with E-state index in [1.54, 1.807) is 12.3 Å². The molecular weight excluding hydrogens is 320 g/mol. The third-order valence-electron chi connectivity index (χ3n) is 4.04. The molecule has 23 heavy (non-hydrogen) atoms. The van der Waals surface area contributed by atoms with Crippen molar-refractivity contribution < 1.29 is 9.90 Å². The highest BCUT2D eigenvalue weighted by molar-refractivity contribution is 6.30. The zero-order valence-electron chi connectivity index (χ0n) is 12.0. The minimum Gasteiger partial charge on any atom is -0.477 e. The van der Waals surface area contributed by atoms with Crippen molar-refractivity contribution in [2.45, 2.75) is 12.5 Å². The second-order valence-corrected chi connectivity index (χ2v) is 5.91. The van der Waals surface area contributed by atoms with Crippen LogP contribution in [-0.2, 0) is 0 Å². The lowest BCUT2D eigenvalue weighted by Gasteiger charge is -2.18. The molecule has 0 aromatic carbocycles. The molecule has 3 aromatic rings. The number of carbonyl (C=O) groups is 1. The molecule has 0 amide bonds. The third kappa shape index (κ3) is 2.40. The number of aromatic amines is 1. The molecule has 1 unspecified atom stereocenters. The van der Waals surface area contributed by atoms with E-state index in [4.69, 9.17) is 16.7 Å². The third-order valence-corrected chi connectivity index (χ3v) is 4.24. The summed E-state index contributed by atoms with van der Waals surface area (Å²) in [6.45, 7) is 1.54. The predicted molar refractivity (Wildman–Crippen MR) is 84.0 cm³/mol. The van der Waals surface area contributed by atoms with Crippen LogP contribution >= 0.6 is 11.6 Å². The number of fused-ring (bicyclic) bond motifs is 1. The SMILES string of the molecule is O=C(O)c1cc2c(N3CCC(n4cc(Cl)cn4)C3)ncnc2[nH]1. The zero-order chi connectivity index (χ0) is 16.0. The van der Waals surface area contributed by atoms with Crippen LogP contribution in [0.15, 0.2) is 24.8 Å². The Morgan fingerprint density at radius 3 is 3.04 bits per heavy atom. The van der Waals surface area contributed by atoms with Gasteiger partial charge in [0, 0.05) is 19.3 Å². The van der Waals surface area contributed by atoms with E-state index in [9.17, 15) is 4.79 Å². The van der Waals surface area contributed by atoms with E-state index < -0.39 is 5.97 Å². The molecule has 1 aliphatic heterocycles. The summed E-state index contributed by atoms with van der Waals surface area (Å²) in [7, 11) is 0. The molecule has 4 rings (SSSR count). The molecule has 9 heteroatoms. The van der Waals surface area contributed by atoms with Crippen LogP contribution in [0.4, 0.5) is 5.82 Å². The minimum atomic E-state index is -1.01. The van der Waals surface area contributed by atoms with Crippen LogP contribution in [0.1, 0.15) is 23.0 Å². The lowest BCUT2D eigenvalue weighted by Crippen LogP contribution is -2.22. The Kier molecular flexibility index (Phi) is 3.19. The van der Waals surface area contributed by atoms with E-state index in [1.165, 1.54) is 6.33 Å². The summed E-state index contributed by atoms with van der Waals surface area (Å²) in [5, 5.41) is 14.7. The van der Waals surface area contributed by atoms with E-state index in [2.05, 4.69) is 25.0 Å². The number of nitrogens with zero attached hydrogens (tertiary/aromatic N) is 5. The second kappa shape index (κ2) is 5.24. The van der Waals surface area contributed by atoms with Crippen LogP contribution in [0, 0.1) is 0 Å². The molecule has 4 heterocycles. The monoisotopic (exact) mass is 332 g/mol. The predicted octanol–water partition coefficient (Wildman–Crippen LogP) is 1.96. The Balaban J connectivity index is 1.66. The van der Waals surface area contributed by atoms with Crippen molar-refractivity contribution in [3.8, 4) is 0 Å². The first-order valence-electron chi connectivity index (χ1n) is 7.13. The van der Waals surface area contributed by atoms with Crippen LogP contribution in [0.25, 0.3) is 11.0 Å². The molecule has 8 nitrogen and oxygen atoms in total. The van der Waals surface area contributed by atoms with E-state index in [0.29, 0.717) is 16.1 Å². The van der Waals surface area contributed by atoms with Crippen molar-refractivity contribution in [1.29, 1.82) is 0 Å². The molecule has 0 saturated carbocycles. The first-order chi connectivity index (χ1) is 11.1. The lowest BCUT2D eigenvalue weighted by atomic mass is 10.3. The molecule has 0 radical (unpaired) electrons. The summed E-state index contributed by atoms with van der Waals surface area (Å²) >= 11 is 5.93. The molecule has 3 aromatic heterocycles. The molecule has 0 spiro atoms. The van der Waals surface area contributed by atoms with Gasteiger partial charge < -0.3 is 15.0 Å². The fourth-order valence-electron chi connectivity index (χ4n) is 2.96. The summed E-state index contributed by atoms with van der Waals surface area (Å²) in [5.74, 6) is -0.279. The summed E-state index contributed by atoms with van der Waals surface area (Å²) in [6.07, 6.45) is 5.79. The van der Waals surface area contributed by atoms with Gasteiger partial charge in [0.1, 0.15) is 23.5 Å². The molecule has 1 aliphatic rings. The first kappa shape index (κ1) is 14.0. The fourth-order valence-corrected chi connectivity index (χ4v) is 3.10. The van der Waals surface area contributed by atoms with Crippen molar-refractivity contribution in [1.82, 2.24) is 24.7 Å². The zero-order valence-corrected chi connectivity index (χ0v) is 12.7. The largest absolute Gasteiger partial charge is 0.477 e. The number of anilines is 1. The highest BCUT2D eigenvalue weighted by Gasteiger charge is 2.27. The van der Waals surface area contributed by atoms with Crippen molar-refractivity contribution in [2.24, 2.45) is 0 Å². The average molecular weight is 333 g/mol. The number of rotatable bonds is 3. The van der Waals surface area contributed by atoms with Crippen LogP contribution in [0.3, 0.4) is 0 Å². The minimum absolute atomic E-state index is 0.108. The van der Waals surface area contributed by atoms with Crippen LogP contribution in [-0.4, -0.2) is 48.9 Å². The van der Waals surface area contributed by atoms with Crippen LogP contribution < -0.4 is 4.90 Å². The molecule has 0 aliphatic carbocycles. The Morgan fingerprint density at radius 2 is 2.30 bits per heavy atom. The van der Waals surface area contributed by atoms with E-state index in [0.717, 1.165) is 25.3 Å². The van der Waals surface area contributed by atoms with Gasteiger partial charge in [0.15, 0.2) is 0 Å². The number of halogens is 1. The van der Waals surface area contributed by atoms with Crippen molar-refractivity contribution in [2.75, 3.05) is 18.0 Å². The molecule has 0 bridgehead atoms. The van der Waals surface area contributed by atoms with Crippen molar-refractivity contribution in [3.63, 3.8) is 0 Å². The van der Waals surface area contributed by atoms with Gasteiger partial charge in [-0.15, -0.1) is 0 Å². The van der Waals surface area contributed by atoms with Gasteiger partial charge in [-0.2, -0.15) is 5.10 Å². The summed E-state index contributed by atoms with van der Waals surface area (Å²) < 4.78 is 1.86. The van der Waals surface area contributed by atoms with Gasteiger partial charge >= 0.3 is 5.97 Å². The van der Waals surface area contributed by atoms with Crippen molar-refractivity contribution >= 4 is 34.4 Å². The van der Waals surface area contributed by atoms with Gasteiger partial charge in [0.25, 0.3) is 0 Å². The van der Waals surface area contributed by atoms with Gasteiger partial charge in [0.2, 0.25) is 0 Å². The van der Waals surface area contributed by atoms with E-state index in [-0.39, 0.29) is 11.7 Å². The number of aromatic nitrogens is 5. The maximum atomic E-state index is 11.1. The number of carboxylic acid groups (broad SMARTS) is 1. The Hall–Kier alpha value is -2.61. The second-order valence-electron chi connectivity index (χ2n) is 5.47. The first-order valence-corrected chi connectivity index (χ1v) is 7.51. The highest BCUT2D eigenvalue weighted by atomic mass is 35.5. The number of H-pyrrole nitrogens is 1. The Labute approximate surface area is 135 Å². The van der Waals surface area contributed by atoms with Crippen LogP contribution in [0.2, 0.25) is 5.02 Å². The topological polar surface area (TPSA) is 99.9 Å². The maximum absolute atomic E-state index is 11.1. The molecule has 2 N–H and O–H groups in total. The number of hydrogen-bond donors (Lipinski definition) is 2. The fraction of sp³-hybridized carbons (Fsp3) is 0.286. The average Bonchev–Trinajstić information content (AvgIpc) is 3.24. The van der Waals surface area contributed by atoms with Gasteiger partial charge in [-0.3, -0.25) is 4.68 Å². The number of carboxylic acids is 1. The van der Waals surface area contributed by atoms with E-state index in [1.807, 2.05) is 10.9 Å². The smallest absolute Gasteiger partial charge is 0.352 e. The van der Waals surface area contributed by atoms with Gasteiger partial charge in [0.05, 0.1) is 22.6 Å². The molecule has 1 fully saturated rings.